The predicted molar refractivity (Wildman–Crippen MR) is 112 cm³/mol. The maximum Gasteiger partial charge on any atom is 0.296 e. The Labute approximate surface area is 177 Å². The molecule has 0 fully saturated rings. The second-order valence-electron chi connectivity index (χ2n) is 6.74. The van der Waals surface area contributed by atoms with Crippen LogP contribution >= 0.6 is 27.5 Å². The van der Waals surface area contributed by atoms with Crippen molar-refractivity contribution in [2.45, 2.75) is 13.0 Å². The highest BCUT2D eigenvalue weighted by molar-refractivity contribution is 9.10. The highest BCUT2D eigenvalue weighted by Crippen LogP contribution is 2.41. The van der Waals surface area contributed by atoms with Crippen LogP contribution in [0.15, 0.2) is 66.7 Å². The molecule has 0 spiro atoms. The largest absolute Gasteiger partial charge is 0.450 e. The van der Waals surface area contributed by atoms with Crippen LogP contribution in [0.1, 0.15) is 33.5 Å². The van der Waals surface area contributed by atoms with E-state index in [1.165, 1.54) is 4.90 Å². The number of carbonyl (C=O) groups excluding carboxylic acids is 1. The lowest BCUT2D eigenvalue weighted by Gasteiger charge is -2.22. The zero-order valence-electron chi connectivity index (χ0n) is 15.0. The van der Waals surface area contributed by atoms with Gasteiger partial charge in [0.1, 0.15) is 11.3 Å². The van der Waals surface area contributed by atoms with Gasteiger partial charge in [0.2, 0.25) is 5.76 Å². The van der Waals surface area contributed by atoms with E-state index in [1.807, 2.05) is 24.3 Å². The lowest BCUT2D eigenvalue weighted by Crippen LogP contribution is -2.29. The van der Waals surface area contributed by atoms with Gasteiger partial charge in [-0.15, -0.1) is 0 Å². The van der Waals surface area contributed by atoms with Crippen molar-refractivity contribution in [3.8, 4) is 0 Å². The lowest BCUT2D eigenvalue weighted by atomic mass is 9.98. The summed E-state index contributed by atoms with van der Waals surface area (Å²) < 4.78 is 11.9. The molecule has 1 atom stereocenters. The Kier molecular flexibility index (Phi) is 4.11. The molecule has 29 heavy (non-hydrogen) atoms. The summed E-state index contributed by atoms with van der Waals surface area (Å²) in [6.07, 6.45) is 0. The number of aromatic nitrogens is 1. The van der Waals surface area contributed by atoms with Crippen molar-refractivity contribution in [1.82, 2.24) is 5.16 Å². The molecule has 0 N–H and O–H groups in total. The van der Waals surface area contributed by atoms with Gasteiger partial charge < -0.3 is 8.94 Å². The monoisotopic (exact) mass is 470 g/mol. The van der Waals surface area contributed by atoms with E-state index >= 15 is 0 Å². The standard InChI is InChI=1S/C21H12BrClN2O4/c1-10-8-16(24-29-10)25-18(11-2-4-12(22)5-3-11)17-19(26)14-9-13(23)6-7-15(14)28-20(17)21(25)27/h2-9,18H,1H3/t18-/m0/s1. The van der Waals surface area contributed by atoms with E-state index in [2.05, 4.69) is 21.1 Å². The van der Waals surface area contributed by atoms with Crippen molar-refractivity contribution < 1.29 is 13.7 Å². The quantitative estimate of drug-likeness (QED) is 0.399. The smallest absolute Gasteiger partial charge is 0.296 e. The number of rotatable bonds is 2. The van der Waals surface area contributed by atoms with Crippen molar-refractivity contribution in [2.24, 2.45) is 0 Å². The molecule has 1 aliphatic heterocycles. The first kappa shape index (κ1) is 18.1. The van der Waals surface area contributed by atoms with Gasteiger partial charge in [0, 0.05) is 15.6 Å². The molecule has 2 aromatic carbocycles. The first-order valence-electron chi connectivity index (χ1n) is 8.72. The average Bonchev–Trinajstić information content (AvgIpc) is 3.25. The van der Waals surface area contributed by atoms with E-state index in [4.69, 9.17) is 20.5 Å². The fraction of sp³-hybridized carbons (Fsp3) is 0.0952. The molecule has 0 aliphatic carbocycles. The normalized spacial score (nSPS) is 15.9. The Morgan fingerprint density at radius 3 is 2.55 bits per heavy atom. The predicted octanol–water partition coefficient (Wildman–Crippen LogP) is 5.26. The summed E-state index contributed by atoms with van der Waals surface area (Å²) in [5.74, 6) is 0.413. The highest BCUT2D eigenvalue weighted by atomic mass is 79.9. The van der Waals surface area contributed by atoms with Crippen LogP contribution in [0, 0.1) is 6.92 Å². The highest BCUT2D eigenvalue weighted by Gasteiger charge is 2.44. The number of carbonyl (C=O) groups is 1. The molecule has 0 saturated heterocycles. The van der Waals surface area contributed by atoms with Gasteiger partial charge in [0.15, 0.2) is 11.2 Å². The van der Waals surface area contributed by atoms with Gasteiger partial charge in [0.05, 0.1) is 17.0 Å². The Balaban J connectivity index is 1.83. The van der Waals surface area contributed by atoms with Crippen LogP contribution in [0.3, 0.4) is 0 Å². The minimum atomic E-state index is -0.699. The molecule has 3 heterocycles. The minimum absolute atomic E-state index is 0.00149. The van der Waals surface area contributed by atoms with Crippen LogP contribution in [-0.2, 0) is 0 Å². The minimum Gasteiger partial charge on any atom is -0.450 e. The van der Waals surface area contributed by atoms with Crippen molar-refractivity contribution >= 4 is 50.2 Å². The number of benzene rings is 2. The van der Waals surface area contributed by atoms with E-state index in [9.17, 15) is 9.59 Å². The zero-order chi connectivity index (χ0) is 20.3. The maximum atomic E-state index is 13.4. The van der Waals surface area contributed by atoms with Crippen LogP contribution in [0.5, 0.6) is 0 Å². The second-order valence-corrected chi connectivity index (χ2v) is 8.09. The van der Waals surface area contributed by atoms with Crippen LogP contribution in [0.25, 0.3) is 11.0 Å². The molecule has 0 radical (unpaired) electrons. The van der Waals surface area contributed by atoms with Crippen molar-refractivity contribution in [1.29, 1.82) is 0 Å². The summed E-state index contributed by atoms with van der Waals surface area (Å²) in [7, 11) is 0. The van der Waals surface area contributed by atoms with Gasteiger partial charge in [-0.25, -0.2) is 0 Å². The average molecular weight is 472 g/mol. The van der Waals surface area contributed by atoms with E-state index in [-0.39, 0.29) is 16.8 Å². The summed E-state index contributed by atoms with van der Waals surface area (Å²) in [5.41, 5.74) is 1.01. The number of hydrogen-bond donors (Lipinski definition) is 0. The van der Waals surface area contributed by atoms with Crippen LogP contribution < -0.4 is 10.3 Å². The fourth-order valence-corrected chi connectivity index (χ4v) is 4.05. The molecule has 2 aromatic heterocycles. The molecule has 8 heteroatoms. The fourth-order valence-electron chi connectivity index (χ4n) is 3.61. The molecule has 6 nitrogen and oxygen atoms in total. The van der Waals surface area contributed by atoms with Gasteiger partial charge in [-0.05, 0) is 42.8 Å². The van der Waals surface area contributed by atoms with Gasteiger partial charge >= 0.3 is 0 Å². The molecule has 5 rings (SSSR count). The summed E-state index contributed by atoms with van der Waals surface area (Å²) in [5, 5.41) is 4.73. The number of hydrogen-bond acceptors (Lipinski definition) is 5. The summed E-state index contributed by atoms with van der Waals surface area (Å²) >= 11 is 9.50. The van der Waals surface area contributed by atoms with Gasteiger partial charge in [0.25, 0.3) is 5.91 Å². The van der Waals surface area contributed by atoms with Crippen molar-refractivity contribution in [3.63, 3.8) is 0 Å². The van der Waals surface area contributed by atoms with E-state index in [0.29, 0.717) is 27.6 Å². The molecule has 0 bridgehead atoms. The van der Waals surface area contributed by atoms with Gasteiger partial charge in [-0.3, -0.25) is 14.5 Å². The van der Waals surface area contributed by atoms with Crippen LogP contribution in [0.4, 0.5) is 5.82 Å². The molecule has 1 aliphatic rings. The van der Waals surface area contributed by atoms with Crippen LogP contribution in [-0.4, -0.2) is 11.1 Å². The Morgan fingerprint density at radius 1 is 1.10 bits per heavy atom. The van der Waals surface area contributed by atoms with E-state index < -0.39 is 11.9 Å². The van der Waals surface area contributed by atoms with E-state index in [0.717, 1.165) is 10.0 Å². The van der Waals surface area contributed by atoms with Crippen LogP contribution in [0.2, 0.25) is 5.02 Å². The first-order chi connectivity index (χ1) is 13.9. The van der Waals surface area contributed by atoms with E-state index in [1.54, 1.807) is 31.2 Å². The third kappa shape index (κ3) is 2.81. The number of amides is 1. The van der Waals surface area contributed by atoms with Crippen molar-refractivity contribution in [3.05, 3.63) is 90.9 Å². The number of anilines is 1. The molecule has 144 valence electrons. The zero-order valence-corrected chi connectivity index (χ0v) is 17.3. The molecular weight excluding hydrogens is 460 g/mol. The number of fused-ring (bicyclic) bond motifs is 2. The topological polar surface area (TPSA) is 76.6 Å². The molecular formula is C21H12BrClN2O4. The molecule has 4 aromatic rings. The summed E-state index contributed by atoms with van der Waals surface area (Å²) in [6.45, 7) is 1.73. The summed E-state index contributed by atoms with van der Waals surface area (Å²) in [4.78, 5) is 28.1. The summed E-state index contributed by atoms with van der Waals surface area (Å²) in [6, 6.07) is 13.1. The molecule has 0 saturated carbocycles. The Hall–Kier alpha value is -2.90. The third-order valence-electron chi connectivity index (χ3n) is 4.88. The van der Waals surface area contributed by atoms with Crippen molar-refractivity contribution in [2.75, 3.05) is 4.90 Å². The maximum absolute atomic E-state index is 13.4. The van der Waals surface area contributed by atoms with Gasteiger partial charge in [-0.1, -0.05) is 44.8 Å². The SMILES string of the molecule is Cc1cc(N2C(=O)c3oc4ccc(Cl)cc4c(=O)c3[C@@H]2c2ccc(Br)cc2)no1. The van der Waals surface area contributed by atoms with Gasteiger partial charge in [-0.2, -0.15) is 0 Å². The Morgan fingerprint density at radius 2 is 1.86 bits per heavy atom. The first-order valence-corrected chi connectivity index (χ1v) is 9.90. The molecule has 1 amide bonds. The lowest BCUT2D eigenvalue weighted by molar-refractivity contribution is 0.0969. The number of aryl methyl sites for hydroxylation is 1. The Bertz CT molecular complexity index is 1340. The number of halogens is 2. The third-order valence-corrected chi connectivity index (χ3v) is 5.64. The molecule has 0 unspecified atom stereocenters. The second kappa shape index (κ2) is 6.57. The number of nitrogens with zero attached hydrogens (tertiary/aromatic N) is 2.